The lowest BCUT2D eigenvalue weighted by atomic mass is 10.1. The van der Waals surface area contributed by atoms with E-state index in [-0.39, 0.29) is 0 Å². The summed E-state index contributed by atoms with van der Waals surface area (Å²) in [5, 5.41) is 0. The first-order valence-corrected chi connectivity index (χ1v) is 7.34. The summed E-state index contributed by atoms with van der Waals surface area (Å²) in [6.07, 6.45) is 8.01. The van der Waals surface area contributed by atoms with Crippen LogP contribution in [0.4, 0.5) is 5.69 Å². The number of hydrogen-bond donors (Lipinski definition) is 1. The predicted molar refractivity (Wildman–Crippen MR) is 78.7 cm³/mol. The summed E-state index contributed by atoms with van der Waals surface area (Å²) in [5.74, 6) is 0. The number of aryl methyl sites for hydroxylation is 1. The van der Waals surface area contributed by atoms with Crippen molar-refractivity contribution in [2.24, 2.45) is 0 Å². The topological polar surface area (TPSA) is 29.3 Å². The van der Waals surface area contributed by atoms with Crippen molar-refractivity contribution in [1.82, 2.24) is 4.90 Å². The van der Waals surface area contributed by atoms with Gasteiger partial charge in [0, 0.05) is 11.7 Å². The SMILES string of the molecule is CC1CCCCCN1CCCc1ccc(N)cc1. The zero-order chi connectivity index (χ0) is 12.8. The Morgan fingerprint density at radius 1 is 1.17 bits per heavy atom. The fourth-order valence-corrected chi connectivity index (χ4v) is 2.84. The third-order valence-electron chi connectivity index (χ3n) is 4.08. The summed E-state index contributed by atoms with van der Waals surface area (Å²) in [5.41, 5.74) is 7.97. The van der Waals surface area contributed by atoms with E-state index in [4.69, 9.17) is 5.73 Å². The minimum absolute atomic E-state index is 0.777. The van der Waals surface area contributed by atoms with E-state index in [9.17, 15) is 0 Å². The van der Waals surface area contributed by atoms with Crippen molar-refractivity contribution < 1.29 is 0 Å². The molecule has 1 aliphatic rings. The number of anilines is 1. The highest BCUT2D eigenvalue weighted by Gasteiger charge is 2.15. The van der Waals surface area contributed by atoms with Crippen molar-refractivity contribution in [3.05, 3.63) is 29.8 Å². The Labute approximate surface area is 111 Å². The molecule has 0 radical (unpaired) electrons. The summed E-state index contributed by atoms with van der Waals surface area (Å²) in [6, 6.07) is 9.09. The van der Waals surface area contributed by atoms with Gasteiger partial charge in [0.15, 0.2) is 0 Å². The van der Waals surface area contributed by atoms with E-state index in [0.717, 1.165) is 11.7 Å². The minimum atomic E-state index is 0.777. The molecule has 0 amide bonds. The smallest absolute Gasteiger partial charge is 0.0314 e. The van der Waals surface area contributed by atoms with Gasteiger partial charge in [-0.3, -0.25) is 0 Å². The highest BCUT2D eigenvalue weighted by molar-refractivity contribution is 5.39. The van der Waals surface area contributed by atoms with Gasteiger partial charge in [0.2, 0.25) is 0 Å². The lowest BCUT2D eigenvalue weighted by Crippen LogP contribution is -2.33. The zero-order valence-electron chi connectivity index (χ0n) is 11.6. The second-order valence-corrected chi connectivity index (χ2v) is 5.58. The standard InChI is InChI=1S/C16H26N2/c1-14-6-3-2-4-12-18(14)13-5-7-15-8-10-16(17)11-9-15/h8-11,14H,2-7,12-13,17H2,1H3. The molecule has 1 fully saturated rings. The molecule has 2 nitrogen and oxygen atoms in total. The maximum absolute atomic E-state index is 5.70. The molecule has 18 heavy (non-hydrogen) atoms. The van der Waals surface area contributed by atoms with Gasteiger partial charge in [-0.25, -0.2) is 0 Å². The highest BCUT2D eigenvalue weighted by Crippen LogP contribution is 2.17. The van der Waals surface area contributed by atoms with Crippen molar-refractivity contribution in [3.8, 4) is 0 Å². The molecule has 1 heterocycles. The lowest BCUT2D eigenvalue weighted by molar-refractivity contribution is 0.211. The number of nitrogen functional groups attached to an aromatic ring is 1. The van der Waals surface area contributed by atoms with E-state index in [1.54, 1.807) is 0 Å². The van der Waals surface area contributed by atoms with Crippen LogP contribution >= 0.6 is 0 Å². The molecule has 1 aromatic carbocycles. The van der Waals surface area contributed by atoms with Crippen LogP contribution in [-0.2, 0) is 6.42 Å². The third-order valence-corrected chi connectivity index (χ3v) is 4.08. The maximum Gasteiger partial charge on any atom is 0.0314 e. The Bertz CT molecular complexity index is 345. The summed E-state index contributed by atoms with van der Waals surface area (Å²) >= 11 is 0. The molecule has 0 bridgehead atoms. The maximum atomic E-state index is 5.70. The number of rotatable bonds is 4. The number of likely N-dealkylation sites (tertiary alicyclic amines) is 1. The minimum Gasteiger partial charge on any atom is -0.399 e. The van der Waals surface area contributed by atoms with Gasteiger partial charge in [0.1, 0.15) is 0 Å². The monoisotopic (exact) mass is 246 g/mol. The van der Waals surface area contributed by atoms with E-state index in [2.05, 4.69) is 24.0 Å². The van der Waals surface area contributed by atoms with Crippen molar-refractivity contribution in [2.75, 3.05) is 18.8 Å². The van der Waals surface area contributed by atoms with Crippen LogP contribution in [-0.4, -0.2) is 24.0 Å². The Kier molecular flexibility index (Phi) is 5.06. The van der Waals surface area contributed by atoms with Gasteiger partial charge in [-0.1, -0.05) is 25.0 Å². The van der Waals surface area contributed by atoms with E-state index in [0.29, 0.717) is 0 Å². The second kappa shape index (κ2) is 6.79. The molecule has 2 rings (SSSR count). The fraction of sp³-hybridized carbons (Fsp3) is 0.625. The molecule has 1 atom stereocenters. The van der Waals surface area contributed by atoms with Crippen LogP contribution in [0.1, 0.15) is 44.6 Å². The predicted octanol–water partition coefficient (Wildman–Crippen LogP) is 3.47. The molecule has 2 heteroatoms. The third kappa shape index (κ3) is 4.02. The Balaban J connectivity index is 1.75. The van der Waals surface area contributed by atoms with E-state index >= 15 is 0 Å². The van der Waals surface area contributed by atoms with Crippen LogP contribution in [0.3, 0.4) is 0 Å². The van der Waals surface area contributed by atoms with Gasteiger partial charge in [-0.2, -0.15) is 0 Å². The first-order chi connectivity index (χ1) is 8.75. The molecule has 2 N–H and O–H groups in total. The van der Waals surface area contributed by atoms with Gasteiger partial charge in [-0.05, 0) is 63.4 Å². The lowest BCUT2D eigenvalue weighted by Gasteiger charge is -2.26. The molecular weight excluding hydrogens is 220 g/mol. The second-order valence-electron chi connectivity index (χ2n) is 5.58. The molecule has 1 aliphatic heterocycles. The number of benzene rings is 1. The van der Waals surface area contributed by atoms with E-state index < -0.39 is 0 Å². The summed E-state index contributed by atoms with van der Waals surface area (Å²) < 4.78 is 0. The Hall–Kier alpha value is -1.02. The average molecular weight is 246 g/mol. The van der Waals surface area contributed by atoms with Gasteiger partial charge < -0.3 is 10.6 Å². The first kappa shape index (κ1) is 13.4. The van der Waals surface area contributed by atoms with Crippen LogP contribution in [0.5, 0.6) is 0 Å². The van der Waals surface area contributed by atoms with E-state index in [1.807, 2.05) is 12.1 Å². The largest absolute Gasteiger partial charge is 0.399 e. The van der Waals surface area contributed by atoms with Crippen molar-refractivity contribution in [1.29, 1.82) is 0 Å². The number of hydrogen-bond acceptors (Lipinski definition) is 2. The highest BCUT2D eigenvalue weighted by atomic mass is 15.1. The Morgan fingerprint density at radius 2 is 1.94 bits per heavy atom. The molecule has 0 aliphatic carbocycles. The van der Waals surface area contributed by atoms with Crippen molar-refractivity contribution in [2.45, 2.75) is 51.5 Å². The molecule has 1 unspecified atom stereocenters. The molecule has 0 aromatic heterocycles. The van der Waals surface area contributed by atoms with Crippen LogP contribution in [0, 0.1) is 0 Å². The molecular formula is C16H26N2. The summed E-state index contributed by atoms with van der Waals surface area (Å²) in [6.45, 7) is 4.92. The molecule has 1 aromatic rings. The van der Waals surface area contributed by atoms with Crippen molar-refractivity contribution >= 4 is 5.69 Å². The summed E-state index contributed by atoms with van der Waals surface area (Å²) in [7, 11) is 0. The number of nitrogens with two attached hydrogens (primary N) is 1. The number of nitrogens with zero attached hydrogens (tertiary/aromatic N) is 1. The molecule has 0 spiro atoms. The fourth-order valence-electron chi connectivity index (χ4n) is 2.84. The average Bonchev–Trinajstić information content (AvgIpc) is 2.57. The van der Waals surface area contributed by atoms with Gasteiger partial charge >= 0.3 is 0 Å². The Morgan fingerprint density at radius 3 is 2.72 bits per heavy atom. The van der Waals surface area contributed by atoms with Crippen LogP contribution in [0.25, 0.3) is 0 Å². The quantitative estimate of drug-likeness (QED) is 0.824. The van der Waals surface area contributed by atoms with Crippen LogP contribution < -0.4 is 5.73 Å². The molecule has 0 saturated carbocycles. The van der Waals surface area contributed by atoms with Crippen LogP contribution in [0.2, 0.25) is 0 Å². The molecule has 100 valence electrons. The van der Waals surface area contributed by atoms with Crippen molar-refractivity contribution in [3.63, 3.8) is 0 Å². The van der Waals surface area contributed by atoms with Crippen LogP contribution in [0.15, 0.2) is 24.3 Å². The summed E-state index contributed by atoms with van der Waals surface area (Å²) in [4.78, 5) is 2.67. The first-order valence-electron chi connectivity index (χ1n) is 7.34. The van der Waals surface area contributed by atoms with E-state index in [1.165, 1.54) is 57.2 Å². The van der Waals surface area contributed by atoms with Gasteiger partial charge in [-0.15, -0.1) is 0 Å². The zero-order valence-corrected chi connectivity index (χ0v) is 11.6. The normalized spacial score (nSPS) is 21.7. The molecule has 1 saturated heterocycles. The van der Waals surface area contributed by atoms with Gasteiger partial charge in [0.05, 0.1) is 0 Å². The van der Waals surface area contributed by atoms with Gasteiger partial charge in [0.25, 0.3) is 0 Å².